The van der Waals surface area contributed by atoms with E-state index in [0.29, 0.717) is 29.1 Å². The molecule has 2 rings (SSSR count). The lowest BCUT2D eigenvalue weighted by molar-refractivity contribution is 0.246. The molecule has 6 heteroatoms. The highest BCUT2D eigenvalue weighted by Gasteiger charge is 2.12. The van der Waals surface area contributed by atoms with Gasteiger partial charge in [0.1, 0.15) is 5.75 Å². The zero-order chi connectivity index (χ0) is 17.5. The maximum absolute atomic E-state index is 6.35. The summed E-state index contributed by atoms with van der Waals surface area (Å²) in [7, 11) is 0. The number of aromatic nitrogens is 2. The first kappa shape index (κ1) is 18.2. The van der Waals surface area contributed by atoms with Crippen LogP contribution in [0.4, 0.5) is 0 Å². The Labute approximate surface area is 147 Å². The monoisotopic (exact) mass is 346 g/mol. The summed E-state index contributed by atoms with van der Waals surface area (Å²) < 4.78 is 5.80. The molecule has 1 aromatic heterocycles. The molecular weight excluding hydrogens is 324 g/mol. The summed E-state index contributed by atoms with van der Waals surface area (Å²) in [6, 6.07) is 7.45. The number of ether oxygens (including phenoxy) is 1. The second-order valence-electron chi connectivity index (χ2n) is 5.93. The molecule has 0 saturated carbocycles. The van der Waals surface area contributed by atoms with Crippen molar-refractivity contribution in [2.75, 3.05) is 6.61 Å². The van der Waals surface area contributed by atoms with E-state index in [1.54, 1.807) is 18.5 Å². The van der Waals surface area contributed by atoms with Gasteiger partial charge in [0.2, 0.25) is 0 Å². The molecule has 4 N–H and O–H groups in total. The molecule has 1 heterocycles. The summed E-state index contributed by atoms with van der Waals surface area (Å²) in [5, 5.41) is 0.524. The Hall–Kier alpha value is -2.11. The van der Waals surface area contributed by atoms with Crippen molar-refractivity contribution in [1.82, 2.24) is 9.97 Å². The second-order valence-corrected chi connectivity index (χ2v) is 6.33. The number of hydrogen-bond acceptors (Lipinski definition) is 5. The van der Waals surface area contributed by atoms with Crippen molar-refractivity contribution in [3.8, 4) is 5.75 Å². The predicted octanol–water partition coefficient (Wildman–Crippen LogP) is 3.23. The molecule has 0 saturated heterocycles. The van der Waals surface area contributed by atoms with Gasteiger partial charge >= 0.3 is 0 Å². The molecule has 0 fully saturated rings. The van der Waals surface area contributed by atoms with Crippen LogP contribution in [-0.2, 0) is 0 Å². The van der Waals surface area contributed by atoms with Gasteiger partial charge in [0.25, 0.3) is 0 Å². The quantitative estimate of drug-likeness (QED) is 0.803. The average Bonchev–Trinajstić information content (AvgIpc) is 2.55. The smallest absolute Gasteiger partial charge is 0.161 e. The van der Waals surface area contributed by atoms with Gasteiger partial charge in [-0.2, -0.15) is 0 Å². The standard InChI is InChI=1S/C18H23ClN4O/c1-12(8-13(2)21)11-24-17-5-4-14(9-16(17)19)15(10-20)18-22-6-3-7-23-18/h3-7,9-10,12-13H,8,11,20-21H2,1-2H3. The van der Waals surface area contributed by atoms with Gasteiger partial charge in [0.15, 0.2) is 5.82 Å². The Morgan fingerprint density at radius 2 is 2.00 bits per heavy atom. The highest BCUT2D eigenvalue weighted by atomic mass is 35.5. The van der Waals surface area contributed by atoms with Crippen LogP contribution in [0.5, 0.6) is 5.75 Å². The van der Waals surface area contributed by atoms with Crippen molar-refractivity contribution in [3.05, 3.63) is 59.3 Å². The van der Waals surface area contributed by atoms with Gasteiger partial charge in [-0.3, -0.25) is 0 Å². The molecule has 0 aliphatic rings. The van der Waals surface area contributed by atoms with Crippen LogP contribution in [-0.4, -0.2) is 22.6 Å². The molecule has 1 aromatic carbocycles. The largest absolute Gasteiger partial charge is 0.492 e. The van der Waals surface area contributed by atoms with E-state index in [2.05, 4.69) is 16.9 Å². The van der Waals surface area contributed by atoms with Crippen LogP contribution in [0, 0.1) is 5.92 Å². The molecule has 0 amide bonds. The molecular formula is C18H23ClN4O. The lowest BCUT2D eigenvalue weighted by Crippen LogP contribution is -2.21. The van der Waals surface area contributed by atoms with Gasteiger partial charge in [-0.15, -0.1) is 0 Å². The number of hydrogen-bond donors (Lipinski definition) is 2. The molecule has 128 valence electrons. The van der Waals surface area contributed by atoms with E-state index >= 15 is 0 Å². The minimum Gasteiger partial charge on any atom is -0.492 e. The highest BCUT2D eigenvalue weighted by Crippen LogP contribution is 2.30. The summed E-state index contributed by atoms with van der Waals surface area (Å²) in [4.78, 5) is 8.44. The van der Waals surface area contributed by atoms with E-state index in [4.69, 9.17) is 27.8 Å². The van der Waals surface area contributed by atoms with Crippen LogP contribution in [0.3, 0.4) is 0 Å². The Kier molecular flexibility index (Phi) is 6.58. The third-order valence-electron chi connectivity index (χ3n) is 3.51. The lowest BCUT2D eigenvalue weighted by Gasteiger charge is -2.16. The maximum Gasteiger partial charge on any atom is 0.161 e. The van der Waals surface area contributed by atoms with Crippen molar-refractivity contribution in [1.29, 1.82) is 0 Å². The highest BCUT2D eigenvalue weighted by molar-refractivity contribution is 6.32. The van der Waals surface area contributed by atoms with Crippen LogP contribution in [0.1, 0.15) is 31.7 Å². The van der Waals surface area contributed by atoms with Gasteiger partial charge in [-0.1, -0.05) is 24.6 Å². The van der Waals surface area contributed by atoms with Crippen molar-refractivity contribution >= 4 is 17.2 Å². The zero-order valence-corrected chi connectivity index (χ0v) is 14.7. The fourth-order valence-corrected chi connectivity index (χ4v) is 2.69. The minimum atomic E-state index is 0.157. The predicted molar refractivity (Wildman–Crippen MR) is 97.7 cm³/mol. The molecule has 0 aliphatic heterocycles. The normalized spacial score (nSPS) is 14.2. The fraction of sp³-hybridized carbons (Fsp3) is 0.333. The summed E-state index contributed by atoms with van der Waals surface area (Å²) >= 11 is 6.35. The van der Waals surface area contributed by atoms with Gasteiger partial charge < -0.3 is 16.2 Å². The number of rotatable bonds is 7. The Morgan fingerprint density at radius 3 is 2.58 bits per heavy atom. The SMILES string of the molecule is CC(N)CC(C)COc1ccc(C(=CN)c2ncccn2)cc1Cl. The van der Waals surface area contributed by atoms with E-state index < -0.39 is 0 Å². The Balaban J connectivity index is 2.12. The Morgan fingerprint density at radius 1 is 1.29 bits per heavy atom. The summed E-state index contributed by atoms with van der Waals surface area (Å²) in [5.74, 6) is 1.55. The fourth-order valence-electron chi connectivity index (χ4n) is 2.46. The zero-order valence-electron chi connectivity index (χ0n) is 13.9. The lowest BCUT2D eigenvalue weighted by atomic mass is 10.0. The maximum atomic E-state index is 6.35. The number of halogens is 1. The van der Waals surface area contributed by atoms with Crippen molar-refractivity contribution in [3.63, 3.8) is 0 Å². The van der Waals surface area contributed by atoms with E-state index in [1.807, 2.05) is 25.1 Å². The molecule has 2 atom stereocenters. The first-order valence-corrected chi connectivity index (χ1v) is 8.26. The van der Waals surface area contributed by atoms with Gasteiger partial charge in [-0.05, 0) is 43.0 Å². The summed E-state index contributed by atoms with van der Waals surface area (Å²) in [5.41, 5.74) is 13.1. The van der Waals surface area contributed by atoms with Crippen LogP contribution in [0.2, 0.25) is 5.02 Å². The average molecular weight is 347 g/mol. The third-order valence-corrected chi connectivity index (χ3v) is 3.81. The first-order valence-electron chi connectivity index (χ1n) is 7.88. The van der Waals surface area contributed by atoms with Gasteiger partial charge in [-0.25, -0.2) is 9.97 Å². The molecule has 24 heavy (non-hydrogen) atoms. The topological polar surface area (TPSA) is 87.0 Å². The van der Waals surface area contributed by atoms with Gasteiger partial charge in [0.05, 0.1) is 11.6 Å². The number of benzene rings is 1. The van der Waals surface area contributed by atoms with E-state index in [1.165, 1.54) is 6.20 Å². The number of nitrogens with zero attached hydrogens (tertiary/aromatic N) is 2. The second kappa shape index (κ2) is 8.66. The van der Waals surface area contributed by atoms with Gasteiger partial charge in [0, 0.05) is 30.2 Å². The van der Waals surface area contributed by atoms with Crippen LogP contribution < -0.4 is 16.2 Å². The minimum absolute atomic E-state index is 0.157. The third kappa shape index (κ3) is 4.94. The molecule has 0 radical (unpaired) electrons. The van der Waals surface area contributed by atoms with Crippen LogP contribution >= 0.6 is 11.6 Å². The number of nitrogens with two attached hydrogens (primary N) is 2. The molecule has 5 nitrogen and oxygen atoms in total. The molecule has 0 aliphatic carbocycles. The van der Waals surface area contributed by atoms with E-state index in [9.17, 15) is 0 Å². The first-order chi connectivity index (χ1) is 11.5. The molecule has 0 bridgehead atoms. The van der Waals surface area contributed by atoms with Crippen LogP contribution in [0.25, 0.3) is 5.57 Å². The molecule has 2 unspecified atom stereocenters. The van der Waals surface area contributed by atoms with E-state index in [-0.39, 0.29) is 6.04 Å². The summed E-state index contributed by atoms with van der Waals surface area (Å²) in [6.07, 6.45) is 5.73. The molecule has 0 spiro atoms. The van der Waals surface area contributed by atoms with Crippen molar-refractivity contribution in [2.45, 2.75) is 26.3 Å². The van der Waals surface area contributed by atoms with Crippen LogP contribution in [0.15, 0.2) is 42.9 Å². The van der Waals surface area contributed by atoms with E-state index in [0.717, 1.165) is 17.6 Å². The van der Waals surface area contributed by atoms with Crippen molar-refractivity contribution < 1.29 is 4.74 Å². The Bertz CT molecular complexity index is 689. The summed E-state index contributed by atoms with van der Waals surface area (Å²) in [6.45, 7) is 4.67. The van der Waals surface area contributed by atoms with Crippen molar-refractivity contribution in [2.24, 2.45) is 17.4 Å². The molecule has 2 aromatic rings.